The lowest BCUT2D eigenvalue weighted by molar-refractivity contribution is -0.116. The molecule has 1 heterocycles. The van der Waals surface area contributed by atoms with E-state index in [2.05, 4.69) is 51.0 Å². The summed E-state index contributed by atoms with van der Waals surface area (Å²) < 4.78 is 0. The third-order valence-corrected chi connectivity index (χ3v) is 3.20. The Labute approximate surface area is 160 Å². The lowest BCUT2D eigenvalue weighted by Gasteiger charge is -2.17. The average molecular weight is 375 g/mol. The minimum atomic E-state index is -0.720. The summed E-state index contributed by atoms with van der Waals surface area (Å²) in [7, 11) is 1.56. The summed E-state index contributed by atoms with van der Waals surface area (Å²) in [6.07, 6.45) is 3.03. The van der Waals surface area contributed by atoms with Crippen molar-refractivity contribution in [2.24, 2.45) is 9.98 Å². The second-order valence-electron chi connectivity index (χ2n) is 5.43. The van der Waals surface area contributed by atoms with Gasteiger partial charge < -0.3 is 10.6 Å². The van der Waals surface area contributed by atoms with Crippen LogP contribution < -0.4 is 10.6 Å². The highest BCUT2D eigenvalue weighted by Crippen LogP contribution is 2.21. The quantitative estimate of drug-likeness (QED) is 0.308. The van der Waals surface area contributed by atoms with Crippen LogP contribution in [-0.4, -0.2) is 43.3 Å². The molecule has 0 bridgehead atoms. The van der Waals surface area contributed by atoms with E-state index in [0.29, 0.717) is 23.9 Å². The second kappa shape index (κ2) is 11.8. The molecule has 1 rings (SSSR count). The number of amidine groups is 1. The summed E-state index contributed by atoms with van der Waals surface area (Å²) >= 11 is 3.53. The first-order valence-corrected chi connectivity index (χ1v) is 8.81. The van der Waals surface area contributed by atoms with Gasteiger partial charge in [-0.2, -0.15) is 17.9 Å². The van der Waals surface area contributed by atoms with Crippen molar-refractivity contribution in [3.05, 3.63) is 35.7 Å². The number of rotatable bonds is 6. The first kappa shape index (κ1) is 23.3. The molecule has 0 aliphatic heterocycles. The van der Waals surface area contributed by atoms with Crippen molar-refractivity contribution in [1.29, 1.82) is 5.26 Å². The van der Waals surface area contributed by atoms with Crippen molar-refractivity contribution in [3.63, 3.8) is 0 Å². The van der Waals surface area contributed by atoms with Gasteiger partial charge in [0.05, 0.1) is 22.8 Å². The molecule has 140 valence electrons. The number of thiol groups is 1. The van der Waals surface area contributed by atoms with Gasteiger partial charge in [0, 0.05) is 19.8 Å². The number of nitriles is 1. The SMILES string of the molecule is C=N/C=C(/C(=O)NCC)C(=NC)Nc1cccc(C(C)(C)C#N)n1.CS. The van der Waals surface area contributed by atoms with Crippen LogP contribution in [0.3, 0.4) is 0 Å². The van der Waals surface area contributed by atoms with Crippen molar-refractivity contribution in [2.45, 2.75) is 26.2 Å². The summed E-state index contributed by atoms with van der Waals surface area (Å²) in [5, 5.41) is 14.9. The maximum absolute atomic E-state index is 12.1. The molecular formula is C18H26N6OS. The number of carbonyl (C=O) groups is 1. The first-order chi connectivity index (χ1) is 12.4. The maximum Gasteiger partial charge on any atom is 0.256 e. The number of aromatic nitrogens is 1. The van der Waals surface area contributed by atoms with Crippen molar-refractivity contribution in [2.75, 3.05) is 25.2 Å². The van der Waals surface area contributed by atoms with Gasteiger partial charge in [-0.15, -0.1) is 0 Å². The number of anilines is 1. The highest BCUT2D eigenvalue weighted by Gasteiger charge is 2.22. The predicted molar refractivity (Wildman–Crippen MR) is 111 cm³/mol. The molecule has 7 nitrogen and oxygen atoms in total. The van der Waals surface area contributed by atoms with Gasteiger partial charge in [0.2, 0.25) is 0 Å². The number of nitrogens with one attached hydrogen (secondary N) is 2. The van der Waals surface area contributed by atoms with Crippen molar-refractivity contribution in [1.82, 2.24) is 10.3 Å². The Kier molecular flexibility index (Phi) is 10.6. The molecule has 1 amide bonds. The Balaban J connectivity index is 0.00000301. The summed E-state index contributed by atoms with van der Waals surface area (Å²) in [6, 6.07) is 7.52. The number of nitrogens with zero attached hydrogens (tertiary/aromatic N) is 4. The molecule has 0 spiro atoms. The number of aliphatic imine (C=N–C) groups is 2. The molecule has 26 heavy (non-hydrogen) atoms. The van der Waals surface area contributed by atoms with Crippen LogP contribution in [0.25, 0.3) is 0 Å². The number of likely N-dealkylation sites (N-methyl/N-ethyl adjacent to an activating group) is 1. The fraction of sp³-hybridized carbons (Fsp3) is 0.389. The van der Waals surface area contributed by atoms with Crippen molar-refractivity contribution < 1.29 is 4.79 Å². The largest absolute Gasteiger partial charge is 0.352 e. The van der Waals surface area contributed by atoms with E-state index in [1.807, 2.05) is 6.92 Å². The molecule has 2 N–H and O–H groups in total. The molecule has 0 saturated heterocycles. The predicted octanol–water partition coefficient (Wildman–Crippen LogP) is 2.59. The molecule has 0 saturated carbocycles. The maximum atomic E-state index is 12.1. The molecule has 1 aromatic heterocycles. The molecule has 0 radical (unpaired) electrons. The van der Waals surface area contributed by atoms with Crippen LogP contribution in [0.4, 0.5) is 5.82 Å². The van der Waals surface area contributed by atoms with E-state index < -0.39 is 5.41 Å². The zero-order valence-corrected chi connectivity index (χ0v) is 16.8. The fourth-order valence-electron chi connectivity index (χ4n) is 1.85. The number of hydrogen-bond donors (Lipinski definition) is 3. The molecule has 0 aliphatic rings. The van der Waals surface area contributed by atoms with Crippen molar-refractivity contribution >= 4 is 36.9 Å². The number of pyridine rings is 1. The Bertz CT molecular complexity index is 719. The first-order valence-electron chi connectivity index (χ1n) is 7.91. The van der Waals surface area contributed by atoms with E-state index in [0.717, 1.165) is 0 Å². The third-order valence-electron chi connectivity index (χ3n) is 3.20. The standard InChI is InChI=1S/C17H22N6O.CH4S/c1-6-21-16(24)12(10-19-4)15(20-5)23-14-9-7-8-13(22-14)17(2,3)11-18;1-2/h7-10H,4,6H2,1-3,5H3,(H,21,24)(H,20,22,23);2H,1H3/b12-10+;. The normalized spacial score (nSPS) is 11.6. The van der Waals surface area contributed by atoms with Gasteiger partial charge in [-0.25, -0.2) is 4.98 Å². The molecule has 0 atom stereocenters. The van der Waals surface area contributed by atoms with Gasteiger partial charge >= 0.3 is 0 Å². The van der Waals surface area contributed by atoms with Gasteiger partial charge in [-0.3, -0.25) is 14.8 Å². The van der Waals surface area contributed by atoms with Crippen LogP contribution >= 0.6 is 12.6 Å². The third kappa shape index (κ3) is 6.69. The molecule has 0 unspecified atom stereocenters. The van der Waals surface area contributed by atoms with Crippen LogP contribution in [0.5, 0.6) is 0 Å². The van der Waals surface area contributed by atoms with E-state index in [-0.39, 0.29) is 11.5 Å². The van der Waals surface area contributed by atoms with Crippen LogP contribution in [-0.2, 0) is 10.2 Å². The Morgan fingerprint density at radius 3 is 2.62 bits per heavy atom. The molecule has 8 heteroatoms. The monoisotopic (exact) mass is 374 g/mol. The van der Waals surface area contributed by atoms with Crippen molar-refractivity contribution in [3.8, 4) is 6.07 Å². The number of amides is 1. The molecular weight excluding hydrogens is 348 g/mol. The topological polar surface area (TPSA) is 103 Å². The summed E-state index contributed by atoms with van der Waals surface area (Å²) in [6.45, 7) is 9.26. The minimum Gasteiger partial charge on any atom is -0.352 e. The van der Waals surface area contributed by atoms with E-state index in [4.69, 9.17) is 0 Å². The smallest absolute Gasteiger partial charge is 0.256 e. The highest BCUT2D eigenvalue weighted by molar-refractivity contribution is 7.79. The van der Waals surface area contributed by atoms with Crippen LogP contribution in [0.15, 0.2) is 40.0 Å². The summed E-state index contributed by atoms with van der Waals surface area (Å²) in [5.74, 6) is 0.481. The van der Waals surface area contributed by atoms with E-state index in [1.165, 1.54) is 6.20 Å². The summed E-state index contributed by atoms with van der Waals surface area (Å²) in [4.78, 5) is 24.3. The van der Waals surface area contributed by atoms with E-state index in [1.54, 1.807) is 45.4 Å². The van der Waals surface area contributed by atoms with E-state index in [9.17, 15) is 10.1 Å². The van der Waals surface area contributed by atoms with Gasteiger partial charge in [-0.05, 0) is 45.9 Å². The zero-order chi connectivity index (χ0) is 20.2. The lowest BCUT2D eigenvalue weighted by atomic mass is 9.91. The zero-order valence-electron chi connectivity index (χ0n) is 15.9. The molecule has 0 aliphatic carbocycles. The van der Waals surface area contributed by atoms with Crippen LogP contribution in [0, 0.1) is 11.3 Å². The molecule has 0 fully saturated rings. The van der Waals surface area contributed by atoms with Gasteiger partial charge in [0.15, 0.2) is 0 Å². The van der Waals surface area contributed by atoms with Gasteiger partial charge in [0.25, 0.3) is 5.91 Å². The van der Waals surface area contributed by atoms with E-state index >= 15 is 0 Å². The number of hydrogen-bond acceptors (Lipinski definition) is 6. The fourth-order valence-corrected chi connectivity index (χ4v) is 1.85. The highest BCUT2D eigenvalue weighted by atomic mass is 32.1. The molecule has 1 aromatic rings. The van der Waals surface area contributed by atoms with Crippen LogP contribution in [0.2, 0.25) is 0 Å². The Morgan fingerprint density at radius 1 is 1.46 bits per heavy atom. The van der Waals surface area contributed by atoms with Gasteiger partial charge in [-0.1, -0.05) is 6.07 Å². The Morgan fingerprint density at radius 2 is 2.12 bits per heavy atom. The lowest BCUT2D eigenvalue weighted by Crippen LogP contribution is -2.31. The Hall–Kier alpha value is -2.66. The average Bonchev–Trinajstić information content (AvgIpc) is 2.66. The van der Waals surface area contributed by atoms with Crippen LogP contribution in [0.1, 0.15) is 26.5 Å². The second-order valence-corrected chi connectivity index (χ2v) is 5.43. The van der Waals surface area contributed by atoms with Gasteiger partial charge in [0.1, 0.15) is 11.7 Å². The summed E-state index contributed by atoms with van der Waals surface area (Å²) in [5.41, 5.74) is 0.152. The molecule has 0 aromatic carbocycles. The number of carbonyl (C=O) groups excluding carboxylic acids is 1. The minimum absolute atomic E-state index is 0.251.